The number of hydrogen-bond donors (Lipinski definition) is 0. The van der Waals surface area contributed by atoms with Crippen LogP contribution in [0.2, 0.25) is 0 Å². The van der Waals surface area contributed by atoms with E-state index in [0.717, 1.165) is 29.7 Å². The highest BCUT2D eigenvalue weighted by Gasteiger charge is 2.27. The van der Waals surface area contributed by atoms with Crippen molar-refractivity contribution in [3.8, 4) is 0 Å². The van der Waals surface area contributed by atoms with Gasteiger partial charge in [-0.05, 0) is 50.8 Å². The molecule has 1 unspecified atom stereocenters. The second-order valence-corrected chi connectivity index (χ2v) is 11.8. The fraction of sp³-hybridized carbons (Fsp3) is 0.583. The van der Waals surface area contributed by atoms with E-state index in [2.05, 4.69) is 4.99 Å². The number of carbonyl (C=O) groups is 3. The van der Waals surface area contributed by atoms with Gasteiger partial charge in [0.1, 0.15) is 11.5 Å². The summed E-state index contributed by atoms with van der Waals surface area (Å²) in [5, 5.41) is 0. The molecule has 0 N–H and O–H groups in total. The van der Waals surface area contributed by atoms with E-state index in [9.17, 15) is 22.8 Å². The zero-order valence-corrected chi connectivity index (χ0v) is 22.5. The molecule has 12 heteroatoms. The van der Waals surface area contributed by atoms with Gasteiger partial charge in [-0.15, -0.1) is 0 Å². The lowest BCUT2D eigenvalue weighted by Gasteiger charge is -2.30. The van der Waals surface area contributed by atoms with Crippen molar-refractivity contribution in [3.05, 3.63) is 28.6 Å². The summed E-state index contributed by atoms with van der Waals surface area (Å²) < 4.78 is 38.2. The van der Waals surface area contributed by atoms with Gasteiger partial charge in [-0.1, -0.05) is 18.3 Å². The third-order valence-corrected chi connectivity index (χ3v) is 8.19. The quantitative estimate of drug-likeness (QED) is 0.334. The number of fused-ring (bicyclic) bond motifs is 1. The van der Waals surface area contributed by atoms with Crippen LogP contribution in [0.1, 0.15) is 44.0 Å². The third-order valence-electron chi connectivity index (χ3n) is 5.77. The normalized spacial score (nSPS) is 16.9. The average Bonchev–Trinajstić information content (AvgIpc) is 3.14. The molecular weight excluding hydrogens is 506 g/mol. The first kappa shape index (κ1) is 28.0. The Morgan fingerprint density at radius 2 is 1.94 bits per heavy atom. The van der Waals surface area contributed by atoms with Crippen LogP contribution in [0, 0.1) is 5.92 Å². The molecule has 1 aliphatic rings. The molecule has 0 saturated carbocycles. The van der Waals surface area contributed by atoms with E-state index in [4.69, 9.17) is 9.47 Å². The topological polar surface area (TPSA) is 124 Å². The van der Waals surface area contributed by atoms with Crippen LogP contribution in [0.15, 0.2) is 23.2 Å². The molecule has 2 amide bonds. The molecule has 0 bridgehead atoms. The molecule has 2 heterocycles. The molecule has 10 nitrogen and oxygen atoms in total. The number of aromatic nitrogens is 1. The first-order valence-corrected chi connectivity index (χ1v) is 14.7. The van der Waals surface area contributed by atoms with Gasteiger partial charge in [-0.25, -0.2) is 13.2 Å². The second kappa shape index (κ2) is 12.6. The predicted octanol–water partition coefficient (Wildman–Crippen LogP) is 2.02. The van der Waals surface area contributed by atoms with Crippen LogP contribution in [-0.2, 0) is 35.4 Å². The zero-order chi connectivity index (χ0) is 26.3. The number of likely N-dealkylation sites (tertiary alicyclic amines) is 1. The number of amides is 2. The number of nitrogens with zero attached hydrogens (tertiary/aromatic N) is 3. The highest BCUT2D eigenvalue weighted by Crippen LogP contribution is 2.20. The first-order chi connectivity index (χ1) is 17.1. The van der Waals surface area contributed by atoms with Crippen molar-refractivity contribution in [3.63, 3.8) is 0 Å². The Morgan fingerprint density at radius 3 is 2.64 bits per heavy atom. The lowest BCUT2D eigenvalue weighted by molar-refractivity contribution is -0.130. The molecule has 198 valence electrons. The molecule has 0 radical (unpaired) electrons. The summed E-state index contributed by atoms with van der Waals surface area (Å²) in [4.78, 5) is 43.2. The Morgan fingerprint density at radius 1 is 1.17 bits per heavy atom. The monoisotopic (exact) mass is 539 g/mol. The molecule has 1 aromatic carbocycles. The van der Waals surface area contributed by atoms with Gasteiger partial charge in [-0.3, -0.25) is 9.59 Å². The minimum atomic E-state index is -3.98. The summed E-state index contributed by atoms with van der Waals surface area (Å²) >= 11 is 1.16. The molecular formula is C24H33N3O7S2. The van der Waals surface area contributed by atoms with Gasteiger partial charge in [0.05, 0.1) is 29.0 Å². The van der Waals surface area contributed by atoms with Crippen molar-refractivity contribution in [1.82, 2.24) is 9.47 Å². The van der Waals surface area contributed by atoms with Gasteiger partial charge >= 0.3 is 5.97 Å². The van der Waals surface area contributed by atoms with Gasteiger partial charge in [0.15, 0.2) is 14.6 Å². The van der Waals surface area contributed by atoms with E-state index in [1.165, 1.54) is 0 Å². The number of piperidine rings is 1. The highest BCUT2D eigenvalue weighted by molar-refractivity contribution is 7.92. The lowest BCUT2D eigenvalue weighted by Crippen LogP contribution is -2.42. The van der Waals surface area contributed by atoms with Crippen molar-refractivity contribution in [2.75, 3.05) is 44.4 Å². The molecule has 1 aromatic heterocycles. The largest absolute Gasteiger partial charge is 0.462 e. The first-order valence-electron chi connectivity index (χ1n) is 12.1. The lowest BCUT2D eigenvalue weighted by atomic mass is 10.0. The van der Waals surface area contributed by atoms with Crippen LogP contribution in [0.3, 0.4) is 0 Å². The molecule has 3 rings (SSSR count). The van der Waals surface area contributed by atoms with Crippen molar-refractivity contribution in [1.29, 1.82) is 0 Å². The maximum Gasteiger partial charge on any atom is 0.338 e. The average molecular weight is 540 g/mol. The number of esters is 1. The number of hydrogen-bond acceptors (Lipinski definition) is 8. The molecule has 1 aliphatic heterocycles. The molecule has 0 aliphatic carbocycles. The second-order valence-electron chi connectivity index (χ2n) is 8.76. The molecule has 1 saturated heterocycles. The van der Waals surface area contributed by atoms with Crippen molar-refractivity contribution < 1.29 is 32.3 Å². The fourth-order valence-corrected chi connectivity index (χ4v) is 6.30. The third kappa shape index (κ3) is 7.47. The van der Waals surface area contributed by atoms with E-state index < -0.39 is 39.1 Å². The van der Waals surface area contributed by atoms with Gasteiger partial charge in [0.25, 0.3) is 5.91 Å². The molecule has 0 spiro atoms. The molecule has 1 fully saturated rings. The maximum absolute atomic E-state index is 12.7. The highest BCUT2D eigenvalue weighted by atomic mass is 32.2. The summed E-state index contributed by atoms with van der Waals surface area (Å²) in [5.74, 6) is -3.02. The zero-order valence-electron chi connectivity index (χ0n) is 20.9. The number of thiazole rings is 1. The van der Waals surface area contributed by atoms with E-state index in [0.29, 0.717) is 53.8 Å². The van der Waals surface area contributed by atoms with Crippen molar-refractivity contribution in [2.24, 2.45) is 10.9 Å². The number of sulfone groups is 1. The minimum absolute atomic E-state index is 0.249. The summed E-state index contributed by atoms with van der Waals surface area (Å²) in [5.41, 5.74) is 1.10. The van der Waals surface area contributed by atoms with Crippen LogP contribution in [0.25, 0.3) is 10.2 Å². The smallest absolute Gasteiger partial charge is 0.338 e. The Balaban J connectivity index is 1.83. The Bertz CT molecular complexity index is 1280. The summed E-state index contributed by atoms with van der Waals surface area (Å²) in [6.07, 6.45) is 1.85. The van der Waals surface area contributed by atoms with Gasteiger partial charge in [-0.2, -0.15) is 4.99 Å². The van der Waals surface area contributed by atoms with Gasteiger partial charge in [0.2, 0.25) is 5.91 Å². The summed E-state index contributed by atoms with van der Waals surface area (Å²) in [7, 11) is -3.98. The molecule has 36 heavy (non-hydrogen) atoms. The number of benzene rings is 1. The van der Waals surface area contributed by atoms with Crippen molar-refractivity contribution >= 4 is 49.2 Å². The van der Waals surface area contributed by atoms with Crippen LogP contribution in [0.5, 0.6) is 0 Å². The summed E-state index contributed by atoms with van der Waals surface area (Å²) in [6.45, 7) is 8.20. The van der Waals surface area contributed by atoms with Crippen LogP contribution in [0.4, 0.5) is 0 Å². The summed E-state index contributed by atoms with van der Waals surface area (Å²) in [6, 6.07) is 5.03. The van der Waals surface area contributed by atoms with Crippen LogP contribution < -0.4 is 4.80 Å². The fourth-order valence-electron chi connectivity index (χ4n) is 4.09. The number of ether oxygens (including phenoxy) is 2. The van der Waals surface area contributed by atoms with Crippen LogP contribution >= 0.6 is 11.3 Å². The van der Waals surface area contributed by atoms with E-state index in [1.807, 2.05) is 13.8 Å². The number of rotatable bonds is 10. The molecule has 2 aromatic rings. The van der Waals surface area contributed by atoms with E-state index in [1.54, 1.807) is 34.6 Å². The maximum atomic E-state index is 12.7. The molecule has 1 atom stereocenters. The Kier molecular flexibility index (Phi) is 9.80. The minimum Gasteiger partial charge on any atom is -0.462 e. The number of carbonyl (C=O) groups excluding carboxylic acids is 3. The van der Waals surface area contributed by atoms with E-state index >= 15 is 0 Å². The van der Waals surface area contributed by atoms with Gasteiger partial charge < -0.3 is 18.9 Å². The SMILES string of the molecule is CCOCCn1c(=NC(=O)CS(=O)(=O)CC(=O)N2CCCC(C)C2)sc2cc(C(=O)OCC)ccc21. The Hall–Kier alpha value is -2.57. The predicted molar refractivity (Wildman–Crippen MR) is 136 cm³/mol. The van der Waals surface area contributed by atoms with Crippen LogP contribution in [-0.4, -0.2) is 80.1 Å². The van der Waals surface area contributed by atoms with E-state index in [-0.39, 0.29) is 6.61 Å². The van der Waals surface area contributed by atoms with Gasteiger partial charge in [0, 0.05) is 26.2 Å². The standard InChI is InChI=1S/C24H33N3O7S2/c1-4-33-12-11-27-19-9-8-18(23(30)34-5-2)13-20(19)35-24(27)25-21(28)15-36(31,32)16-22(29)26-10-6-7-17(3)14-26/h8-9,13,17H,4-7,10-12,14-16H2,1-3H3. The van der Waals surface area contributed by atoms with Crippen molar-refractivity contribution in [2.45, 2.75) is 40.2 Å². The Labute approximate surface area is 214 Å².